The first-order chi connectivity index (χ1) is 3.63. The summed E-state index contributed by atoms with van der Waals surface area (Å²) in [6, 6.07) is 0. The number of carbonyl (C=O) groups is 1. The second-order valence-corrected chi connectivity index (χ2v) is 4.17. The Labute approximate surface area is 62.5 Å². The molecule has 0 spiro atoms. The molecule has 0 aromatic rings. The SMILES string of the molecule is CC(=O)OCC(C)[TeH]. The third-order valence-electron chi connectivity index (χ3n) is 0.528. The molecular weight excluding hydrogens is 220 g/mol. The zero-order valence-corrected chi connectivity index (χ0v) is 7.60. The molecule has 0 aromatic heterocycles. The van der Waals surface area contributed by atoms with Crippen LogP contribution < -0.4 is 0 Å². The Morgan fingerprint density at radius 1 is 1.88 bits per heavy atom. The van der Waals surface area contributed by atoms with Crippen molar-refractivity contribution in [2.45, 2.75) is 17.8 Å². The van der Waals surface area contributed by atoms with Crippen LogP contribution in [0.1, 0.15) is 13.8 Å². The van der Waals surface area contributed by atoms with E-state index in [1.165, 1.54) is 6.92 Å². The van der Waals surface area contributed by atoms with Crippen molar-refractivity contribution >= 4 is 28.3 Å². The van der Waals surface area contributed by atoms with Gasteiger partial charge >= 0.3 is 62.2 Å². The number of esters is 1. The predicted molar refractivity (Wildman–Crippen MR) is 33.2 cm³/mol. The van der Waals surface area contributed by atoms with E-state index < -0.39 is 0 Å². The topological polar surface area (TPSA) is 26.3 Å². The van der Waals surface area contributed by atoms with Crippen molar-refractivity contribution in [3.8, 4) is 0 Å². The van der Waals surface area contributed by atoms with Crippen LogP contribution in [0.15, 0.2) is 0 Å². The molecule has 0 aliphatic heterocycles. The summed E-state index contributed by atoms with van der Waals surface area (Å²) in [7, 11) is 0. The van der Waals surface area contributed by atoms with E-state index in [1.807, 2.05) is 6.92 Å². The van der Waals surface area contributed by atoms with Crippen molar-refractivity contribution in [1.29, 1.82) is 0 Å². The molecule has 0 fully saturated rings. The quantitative estimate of drug-likeness (QED) is 0.502. The summed E-state index contributed by atoms with van der Waals surface area (Å²) in [5, 5.41) is 0. The molecular formula is C5H10O2Te. The summed E-state index contributed by atoms with van der Waals surface area (Å²) < 4.78 is 5.17. The summed E-state index contributed by atoms with van der Waals surface area (Å²) in [5.74, 6) is -0.188. The van der Waals surface area contributed by atoms with E-state index in [0.717, 1.165) is 0 Å². The van der Waals surface area contributed by atoms with Crippen LogP contribution in [0.5, 0.6) is 0 Å². The van der Waals surface area contributed by atoms with Crippen LogP contribution in [-0.4, -0.2) is 34.9 Å². The fraction of sp³-hybridized carbons (Fsp3) is 0.800. The van der Waals surface area contributed by atoms with Gasteiger partial charge < -0.3 is 0 Å². The van der Waals surface area contributed by atoms with Gasteiger partial charge in [0.1, 0.15) is 0 Å². The molecule has 0 amide bonds. The van der Waals surface area contributed by atoms with Crippen molar-refractivity contribution in [3.63, 3.8) is 0 Å². The van der Waals surface area contributed by atoms with Gasteiger partial charge in [0.15, 0.2) is 0 Å². The molecule has 0 saturated heterocycles. The summed E-state index contributed by atoms with van der Waals surface area (Å²) in [6.07, 6.45) is 0. The van der Waals surface area contributed by atoms with Gasteiger partial charge in [0.25, 0.3) is 0 Å². The minimum atomic E-state index is -0.188. The molecule has 1 unspecified atom stereocenters. The standard InChI is InChI=1S/C5H10O2Te/c1-4(8)3-7-5(2)6/h4,8H,3H2,1-2H3. The van der Waals surface area contributed by atoms with Gasteiger partial charge in [0.2, 0.25) is 0 Å². The number of carbonyl (C=O) groups excluding carboxylic acids is 1. The molecule has 0 aliphatic rings. The Morgan fingerprint density at radius 3 is 2.50 bits per heavy atom. The minimum absolute atomic E-state index is 0.188. The monoisotopic (exact) mass is 232 g/mol. The molecule has 0 radical (unpaired) electrons. The molecule has 0 saturated carbocycles. The average molecular weight is 230 g/mol. The van der Waals surface area contributed by atoms with Gasteiger partial charge in [-0.3, -0.25) is 0 Å². The zero-order chi connectivity index (χ0) is 6.57. The average Bonchev–Trinajstić information content (AvgIpc) is 1.61. The predicted octanol–water partition coefficient (Wildman–Crippen LogP) is 0.259. The van der Waals surface area contributed by atoms with Crippen molar-refractivity contribution in [2.24, 2.45) is 0 Å². The van der Waals surface area contributed by atoms with Crippen LogP contribution in [0, 0.1) is 0 Å². The molecule has 0 aromatic carbocycles. The van der Waals surface area contributed by atoms with Crippen molar-refractivity contribution in [2.75, 3.05) is 6.61 Å². The first kappa shape index (κ1) is 8.26. The maximum absolute atomic E-state index is 10.1. The Kier molecular flexibility index (Phi) is 4.30. The van der Waals surface area contributed by atoms with Gasteiger partial charge in [-0.2, -0.15) is 0 Å². The molecule has 0 heterocycles. The fourth-order valence-electron chi connectivity index (χ4n) is 0.238. The molecule has 0 bridgehead atoms. The van der Waals surface area contributed by atoms with Crippen LogP contribution in [0.2, 0.25) is 3.97 Å². The van der Waals surface area contributed by atoms with Gasteiger partial charge in [0, 0.05) is 0 Å². The first-order valence-corrected chi connectivity index (χ1v) is 3.91. The summed E-state index contributed by atoms with van der Waals surface area (Å²) in [5.41, 5.74) is 0. The first-order valence-electron chi connectivity index (χ1n) is 2.44. The van der Waals surface area contributed by atoms with Gasteiger partial charge in [0.05, 0.1) is 0 Å². The van der Waals surface area contributed by atoms with E-state index in [2.05, 4.69) is 4.74 Å². The molecule has 1 atom stereocenters. The Balaban J connectivity index is 3.05. The van der Waals surface area contributed by atoms with Gasteiger partial charge in [-0.25, -0.2) is 0 Å². The Bertz CT molecular complexity index is 80.5. The number of hydrogen-bond donors (Lipinski definition) is 0. The van der Waals surface area contributed by atoms with E-state index in [-0.39, 0.29) is 5.97 Å². The second-order valence-electron chi connectivity index (χ2n) is 1.65. The Hall–Kier alpha value is 0.260. The molecule has 8 heavy (non-hydrogen) atoms. The van der Waals surface area contributed by atoms with E-state index >= 15 is 0 Å². The molecule has 2 nitrogen and oxygen atoms in total. The van der Waals surface area contributed by atoms with Gasteiger partial charge in [-0.05, 0) is 0 Å². The number of hydrogen-bond acceptors (Lipinski definition) is 2. The van der Waals surface area contributed by atoms with Crippen LogP contribution >= 0.6 is 0 Å². The van der Waals surface area contributed by atoms with Crippen molar-refractivity contribution in [3.05, 3.63) is 0 Å². The van der Waals surface area contributed by atoms with Crippen LogP contribution in [0.25, 0.3) is 0 Å². The molecule has 48 valence electrons. The van der Waals surface area contributed by atoms with E-state index in [0.29, 0.717) is 10.6 Å². The number of rotatable bonds is 2. The maximum atomic E-state index is 10.1. The molecule has 0 N–H and O–H groups in total. The summed E-state index contributed by atoms with van der Waals surface area (Å²) in [6.45, 7) is 4.01. The molecule has 3 heteroatoms. The van der Waals surface area contributed by atoms with Crippen LogP contribution in [-0.2, 0) is 9.53 Å². The normalized spacial score (nSPS) is 12.9. The number of ether oxygens (including phenoxy) is 1. The van der Waals surface area contributed by atoms with Gasteiger partial charge in [-0.15, -0.1) is 0 Å². The van der Waals surface area contributed by atoms with Gasteiger partial charge in [-0.1, -0.05) is 0 Å². The second kappa shape index (κ2) is 4.17. The summed E-state index contributed by atoms with van der Waals surface area (Å²) in [4.78, 5) is 10.1. The molecule has 0 rings (SSSR count). The molecule has 0 aliphatic carbocycles. The fourth-order valence-corrected chi connectivity index (χ4v) is 0.451. The van der Waals surface area contributed by atoms with Crippen LogP contribution in [0.4, 0.5) is 0 Å². The third-order valence-corrected chi connectivity index (χ3v) is 0.953. The third kappa shape index (κ3) is 6.26. The van der Waals surface area contributed by atoms with Crippen molar-refractivity contribution in [1.82, 2.24) is 0 Å². The van der Waals surface area contributed by atoms with E-state index in [4.69, 9.17) is 0 Å². The Morgan fingerprint density at radius 2 is 2.38 bits per heavy atom. The van der Waals surface area contributed by atoms with E-state index in [1.54, 1.807) is 22.3 Å². The van der Waals surface area contributed by atoms with Crippen molar-refractivity contribution < 1.29 is 9.53 Å². The van der Waals surface area contributed by atoms with Crippen LogP contribution in [0.3, 0.4) is 0 Å². The summed E-state index contributed by atoms with van der Waals surface area (Å²) >= 11 is 1.68. The van der Waals surface area contributed by atoms with E-state index in [9.17, 15) is 4.79 Å². The zero-order valence-electron chi connectivity index (χ0n) is 5.05.